The fourth-order valence-corrected chi connectivity index (χ4v) is 8.40. The summed E-state index contributed by atoms with van der Waals surface area (Å²) < 4.78 is 2.54. The highest BCUT2D eigenvalue weighted by molar-refractivity contribution is 8.00. The Morgan fingerprint density at radius 2 is 1.44 bits per heavy atom. The number of rotatable bonds is 2. The minimum Gasteiger partial charge on any atom is -0.313 e. The summed E-state index contributed by atoms with van der Waals surface area (Å²) in [5.41, 5.74) is 13.6. The highest BCUT2D eigenvalue weighted by Crippen LogP contribution is 2.43. The van der Waals surface area contributed by atoms with Gasteiger partial charge >= 0.3 is 0 Å². The Labute approximate surface area is 233 Å². The molecular weight excluding hydrogens is 491 g/mol. The second kappa shape index (κ2) is 8.18. The van der Waals surface area contributed by atoms with Crippen LogP contribution in [0.25, 0.3) is 16.6 Å². The lowest BCUT2D eigenvalue weighted by atomic mass is 9.35. The molecule has 2 aliphatic heterocycles. The molecule has 5 aromatic carbocycles. The average molecular weight is 516 g/mol. The van der Waals surface area contributed by atoms with E-state index in [-0.39, 0.29) is 6.71 Å². The SMILES string of the molecule is c1ccc(N2c3cc(-n4c5c(c6ccccc64)CCC5)ccc3B3c4ccccc4Sc4cccc2c43)cc1. The molecule has 2 nitrogen and oxygen atoms in total. The molecule has 0 fully saturated rings. The van der Waals surface area contributed by atoms with E-state index in [4.69, 9.17) is 0 Å². The van der Waals surface area contributed by atoms with Crippen LogP contribution >= 0.6 is 11.8 Å². The van der Waals surface area contributed by atoms with Crippen molar-refractivity contribution in [2.45, 2.75) is 29.1 Å². The van der Waals surface area contributed by atoms with Gasteiger partial charge in [0.25, 0.3) is 0 Å². The number of aromatic nitrogens is 1. The second-order valence-electron chi connectivity index (χ2n) is 10.8. The van der Waals surface area contributed by atoms with Gasteiger partial charge < -0.3 is 9.47 Å². The van der Waals surface area contributed by atoms with Gasteiger partial charge in [0.05, 0.1) is 5.52 Å². The number of fused-ring (bicyclic) bond motifs is 7. The lowest BCUT2D eigenvalue weighted by molar-refractivity contribution is 0.874. The Morgan fingerprint density at radius 1 is 0.615 bits per heavy atom. The zero-order chi connectivity index (χ0) is 25.5. The minimum atomic E-state index is 0.227. The molecule has 1 aliphatic carbocycles. The van der Waals surface area contributed by atoms with Crippen molar-refractivity contribution >= 4 is 62.8 Å². The van der Waals surface area contributed by atoms with Crippen molar-refractivity contribution in [3.05, 3.63) is 127 Å². The summed E-state index contributed by atoms with van der Waals surface area (Å²) in [7, 11) is 0. The Hall–Kier alpha value is -4.15. The van der Waals surface area contributed by atoms with Crippen LogP contribution in [-0.4, -0.2) is 11.3 Å². The number of aryl methyl sites for hydroxylation is 1. The Kier molecular flexibility index (Phi) is 4.56. The first-order valence-electron chi connectivity index (χ1n) is 13.9. The predicted molar refractivity (Wildman–Crippen MR) is 165 cm³/mol. The monoisotopic (exact) mass is 516 g/mol. The van der Waals surface area contributed by atoms with Gasteiger partial charge in [-0.3, -0.25) is 0 Å². The molecule has 6 aromatic rings. The maximum atomic E-state index is 2.54. The molecule has 0 spiro atoms. The van der Waals surface area contributed by atoms with Crippen molar-refractivity contribution in [3.8, 4) is 5.69 Å². The summed E-state index contributed by atoms with van der Waals surface area (Å²) >= 11 is 1.91. The van der Waals surface area contributed by atoms with E-state index in [9.17, 15) is 0 Å². The number of anilines is 3. The van der Waals surface area contributed by atoms with Crippen LogP contribution in [0.15, 0.2) is 125 Å². The molecule has 0 saturated carbocycles. The fourth-order valence-electron chi connectivity index (χ4n) is 7.24. The quantitative estimate of drug-likeness (QED) is 0.232. The molecule has 4 heteroatoms. The molecular formula is C35H25BN2S. The second-order valence-corrected chi connectivity index (χ2v) is 11.9. The largest absolute Gasteiger partial charge is 0.313 e. The maximum Gasteiger partial charge on any atom is 0.249 e. The lowest BCUT2D eigenvalue weighted by Gasteiger charge is -2.40. The van der Waals surface area contributed by atoms with E-state index in [0.717, 1.165) is 6.42 Å². The normalized spacial score (nSPS) is 14.7. The first kappa shape index (κ1) is 21.8. The van der Waals surface area contributed by atoms with E-state index in [0.29, 0.717) is 0 Å². The molecule has 0 saturated heterocycles. The Bertz CT molecular complexity index is 1940. The maximum absolute atomic E-state index is 2.54. The molecule has 1 aromatic heterocycles. The van der Waals surface area contributed by atoms with Gasteiger partial charge in [0.15, 0.2) is 0 Å². The summed E-state index contributed by atoms with van der Waals surface area (Å²) in [4.78, 5) is 5.22. The van der Waals surface area contributed by atoms with E-state index >= 15 is 0 Å². The van der Waals surface area contributed by atoms with Crippen LogP contribution in [0, 0.1) is 0 Å². The van der Waals surface area contributed by atoms with Crippen molar-refractivity contribution < 1.29 is 0 Å². The van der Waals surface area contributed by atoms with Crippen molar-refractivity contribution in [2.75, 3.05) is 4.90 Å². The van der Waals surface area contributed by atoms with Crippen LogP contribution in [0.3, 0.4) is 0 Å². The number of benzene rings is 5. The van der Waals surface area contributed by atoms with Crippen molar-refractivity contribution in [3.63, 3.8) is 0 Å². The minimum absolute atomic E-state index is 0.227. The summed E-state index contributed by atoms with van der Waals surface area (Å²) in [6, 6.07) is 42.9. The molecule has 184 valence electrons. The van der Waals surface area contributed by atoms with Crippen molar-refractivity contribution in [1.29, 1.82) is 0 Å². The van der Waals surface area contributed by atoms with E-state index in [2.05, 4.69) is 125 Å². The van der Waals surface area contributed by atoms with Crippen molar-refractivity contribution in [2.24, 2.45) is 0 Å². The number of hydrogen-bond acceptors (Lipinski definition) is 2. The zero-order valence-electron chi connectivity index (χ0n) is 21.5. The smallest absolute Gasteiger partial charge is 0.249 e. The molecule has 0 atom stereocenters. The van der Waals surface area contributed by atoms with Crippen LogP contribution in [0.5, 0.6) is 0 Å². The van der Waals surface area contributed by atoms with Crippen molar-refractivity contribution in [1.82, 2.24) is 4.57 Å². The molecule has 0 unspecified atom stereocenters. The Balaban J connectivity index is 1.35. The van der Waals surface area contributed by atoms with Crippen LogP contribution in [-0.2, 0) is 12.8 Å². The highest BCUT2D eigenvalue weighted by atomic mass is 32.2. The van der Waals surface area contributed by atoms with Gasteiger partial charge in [0, 0.05) is 43.6 Å². The first-order chi connectivity index (χ1) is 19.4. The van der Waals surface area contributed by atoms with Crippen LogP contribution in [0.2, 0.25) is 0 Å². The lowest BCUT2D eigenvalue weighted by Crippen LogP contribution is -2.59. The molecule has 0 radical (unpaired) electrons. The van der Waals surface area contributed by atoms with Gasteiger partial charge in [-0.25, -0.2) is 0 Å². The molecule has 9 rings (SSSR count). The van der Waals surface area contributed by atoms with Crippen LogP contribution in [0.1, 0.15) is 17.7 Å². The van der Waals surface area contributed by atoms with Gasteiger partial charge in [0.2, 0.25) is 6.71 Å². The summed E-state index contributed by atoms with van der Waals surface area (Å²) in [5, 5.41) is 1.41. The first-order valence-corrected chi connectivity index (χ1v) is 14.7. The molecule has 3 heterocycles. The number of hydrogen-bond donors (Lipinski definition) is 0. The zero-order valence-corrected chi connectivity index (χ0v) is 22.3. The molecule has 0 bridgehead atoms. The highest BCUT2D eigenvalue weighted by Gasteiger charge is 2.40. The van der Waals surface area contributed by atoms with Crippen LogP contribution < -0.4 is 21.3 Å². The number of para-hydroxylation sites is 2. The van der Waals surface area contributed by atoms with Gasteiger partial charge in [-0.2, -0.15) is 0 Å². The third-order valence-electron chi connectivity index (χ3n) is 8.79. The third-order valence-corrected chi connectivity index (χ3v) is 9.96. The summed E-state index contributed by atoms with van der Waals surface area (Å²) in [5.74, 6) is 0. The summed E-state index contributed by atoms with van der Waals surface area (Å²) in [6.45, 7) is 0.227. The van der Waals surface area contributed by atoms with E-state index in [1.807, 2.05) is 11.8 Å². The van der Waals surface area contributed by atoms with E-state index in [1.165, 1.54) is 83.9 Å². The van der Waals surface area contributed by atoms with Gasteiger partial charge in [-0.15, -0.1) is 0 Å². The van der Waals surface area contributed by atoms with E-state index < -0.39 is 0 Å². The van der Waals surface area contributed by atoms with Gasteiger partial charge in [0.1, 0.15) is 0 Å². The molecule has 39 heavy (non-hydrogen) atoms. The Morgan fingerprint density at radius 3 is 2.38 bits per heavy atom. The fraction of sp³-hybridized carbons (Fsp3) is 0.0857. The van der Waals surface area contributed by atoms with E-state index in [1.54, 1.807) is 0 Å². The third kappa shape index (κ3) is 3.01. The van der Waals surface area contributed by atoms with Gasteiger partial charge in [-0.1, -0.05) is 84.0 Å². The van der Waals surface area contributed by atoms with Crippen LogP contribution in [0.4, 0.5) is 17.1 Å². The predicted octanol–water partition coefficient (Wildman–Crippen LogP) is 6.88. The average Bonchev–Trinajstić information content (AvgIpc) is 3.58. The topological polar surface area (TPSA) is 8.17 Å². The number of nitrogens with zero attached hydrogens (tertiary/aromatic N) is 2. The van der Waals surface area contributed by atoms with Gasteiger partial charge in [-0.05, 0) is 84.3 Å². The summed E-state index contributed by atoms with van der Waals surface area (Å²) in [6.07, 6.45) is 3.56. The standard InChI is InChI=1S/C35H25BN2S/c1-2-10-23(11-3-1)37-31-17-9-19-34-35(31)36(28-14-5-7-18-33(28)39-34)27-21-20-24(22-32(27)37)38-29-15-6-4-12-25(29)26-13-8-16-30(26)38/h1-7,9-12,14-15,17-22H,8,13,16H2. The molecule has 0 N–H and O–H groups in total. The molecule has 0 amide bonds. The molecule has 3 aliphatic rings.